The molecule has 198 valence electrons. The second-order valence-corrected chi connectivity index (χ2v) is 10.7. The number of carbonyl (C=O) groups is 1. The van der Waals surface area contributed by atoms with Crippen molar-refractivity contribution in [3.8, 4) is 17.2 Å². The number of benzene rings is 2. The first-order valence-electron chi connectivity index (χ1n) is 12.9. The van der Waals surface area contributed by atoms with Gasteiger partial charge in [0.05, 0.1) is 12.7 Å². The van der Waals surface area contributed by atoms with Crippen molar-refractivity contribution in [3.05, 3.63) is 58.7 Å². The molecule has 0 atom stereocenters. The molecule has 0 radical (unpaired) electrons. The second-order valence-electron chi connectivity index (χ2n) is 9.72. The van der Waals surface area contributed by atoms with Gasteiger partial charge in [0.25, 0.3) is 5.91 Å². The van der Waals surface area contributed by atoms with Gasteiger partial charge in [-0.1, -0.05) is 31.4 Å². The van der Waals surface area contributed by atoms with Crippen LogP contribution >= 0.6 is 11.8 Å². The molecule has 0 unspecified atom stereocenters. The van der Waals surface area contributed by atoms with Crippen LogP contribution in [0.2, 0.25) is 0 Å². The SMILES string of the molecule is COc1cc(/C=C2/C(=N)N3N=C(C4CCCCC4)SC3=NC2=O)ccc1OCCOc1cc(C)cc(C)c1. The Balaban J connectivity index is 1.25. The van der Waals surface area contributed by atoms with Gasteiger partial charge in [-0.25, -0.2) is 0 Å². The summed E-state index contributed by atoms with van der Waals surface area (Å²) >= 11 is 1.42. The number of carbonyl (C=O) groups excluding carboxylic acids is 1. The van der Waals surface area contributed by atoms with Crippen molar-refractivity contribution >= 4 is 39.8 Å². The van der Waals surface area contributed by atoms with Crippen LogP contribution in [-0.4, -0.2) is 47.3 Å². The van der Waals surface area contributed by atoms with E-state index in [1.807, 2.05) is 32.0 Å². The fourth-order valence-electron chi connectivity index (χ4n) is 4.91. The lowest BCUT2D eigenvalue weighted by Gasteiger charge is -2.20. The third-order valence-electron chi connectivity index (χ3n) is 6.73. The van der Waals surface area contributed by atoms with Crippen LogP contribution in [-0.2, 0) is 4.79 Å². The minimum Gasteiger partial charge on any atom is -0.493 e. The minimum absolute atomic E-state index is 0.0427. The molecule has 2 aliphatic heterocycles. The first kappa shape index (κ1) is 26.0. The Hall–Kier alpha value is -3.59. The quantitative estimate of drug-likeness (QED) is 0.332. The molecule has 1 saturated carbocycles. The number of aliphatic imine (C=N–C) groups is 1. The highest BCUT2D eigenvalue weighted by atomic mass is 32.2. The summed E-state index contributed by atoms with van der Waals surface area (Å²) in [7, 11) is 1.57. The Morgan fingerprint density at radius 3 is 2.50 bits per heavy atom. The van der Waals surface area contributed by atoms with Crippen molar-refractivity contribution in [2.45, 2.75) is 46.0 Å². The average Bonchev–Trinajstić information content (AvgIpc) is 3.33. The van der Waals surface area contributed by atoms with E-state index < -0.39 is 5.91 Å². The largest absolute Gasteiger partial charge is 0.493 e. The lowest BCUT2D eigenvalue weighted by molar-refractivity contribution is -0.114. The molecule has 1 fully saturated rings. The van der Waals surface area contributed by atoms with Gasteiger partial charge < -0.3 is 14.2 Å². The summed E-state index contributed by atoms with van der Waals surface area (Å²) in [5.74, 6) is 1.91. The highest BCUT2D eigenvalue weighted by Crippen LogP contribution is 2.36. The van der Waals surface area contributed by atoms with Crippen LogP contribution in [0.4, 0.5) is 0 Å². The maximum Gasteiger partial charge on any atom is 0.283 e. The molecule has 0 bridgehead atoms. The molecule has 0 saturated heterocycles. The molecule has 1 amide bonds. The maximum atomic E-state index is 12.8. The number of aryl methyl sites for hydroxylation is 2. The van der Waals surface area contributed by atoms with E-state index in [1.54, 1.807) is 25.3 Å². The van der Waals surface area contributed by atoms with Crippen LogP contribution in [0.3, 0.4) is 0 Å². The normalized spacial score (nSPS) is 18.8. The molecule has 0 spiro atoms. The average molecular weight is 533 g/mol. The van der Waals surface area contributed by atoms with Crippen molar-refractivity contribution in [1.29, 1.82) is 5.41 Å². The van der Waals surface area contributed by atoms with E-state index in [1.165, 1.54) is 36.0 Å². The number of hydrogen-bond donors (Lipinski definition) is 1. The fraction of sp³-hybridized carbons (Fsp3) is 0.379. The number of ether oxygens (including phenoxy) is 3. The summed E-state index contributed by atoms with van der Waals surface area (Å²) in [6.45, 7) is 4.81. The Bertz CT molecular complexity index is 1320. The molecule has 2 heterocycles. The third-order valence-corrected chi connectivity index (χ3v) is 7.80. The number of amides is 1. The van der Waals surface area contributed by atoms with Gasteiger partial charge in [-0.3, -0.25) is 10.2 Å². The van der Waals surface area contributed by atoms with Crippen LogP contribution in [0.5, 0.6) is 17.2 Å². The first-order valence-corrected chi connectivity index (χ1v) is 13.7. The Kier molecular flexibility index (Phi) is 7.83. The number of hydrazone groups is 1. The van der Waals surface area contributed by atoms with Gasteiger partial charge >= 0.3 is 0 Å². The number of rotatable bonds is 8. The van der Waals surface area contributed by atoms with Crippen molar-refractivity contribution in [2.24, 2.45) is 16.0 Å². The molecule has 2 aromatic rings. The van der Waals surface area contributed by atoms with Crippen LogP contribution < -0.4 is 14.2 Å². The number of methoxy groups -OCH3 is 1. The van der Waals surface area contributed by atoms with Crippen LogP contribution in [0.15, 0.2) is 52.1 Å². The van der Waals surface area contributed by atoms with Gasteiger partial charge in [-0.15, -0.1) is 0 Å². The Morgan fingerprint density at radius 2 is 1.76 bits per heavy atom. The van der Waals surface area contributed by atoms with Crippen molar-refractivity contribution in [3.63, 3.8) is 0 Å². The lowest BCUT2D eigenvalue weighted by atomic mass is 9.90. The van der Waals surface area contributed by atoms with E-state index in [4.69, 9.17) is 19.6 Å². The summed E-state index contributed by atoms with van der Waals surface area (Å²) < 4.78 is 17.2. The van der Waals surface area contributed by atoms with E-state index in [0.29, 0.717) is 41.4 Å². The van der Waals surface area contributed by atoms with Gasteiger partial charge in [0.2, 0.25) is 5.17 Å². The zero-order chi connectivity index (χ0) is 26.6. The molecule has 1 N–H and O–H groups in total. The fourth-order valence-corrected chi connectivity index (χ4v) is 5.97. The lowest BCUT2D eigenvalue weighted by Crippen LogP contribution is -2.35. The van der Waals surface area contributed by atoms with Gasteiger partial charge in [0.15, 0.2) is 17.3 Å². The van der Waals surface area contributed by atoms with Crippen LogP contribution in [0, 0.1) is 25.2 Å². The Morgan fingerprint density at radius 1 is 1.03 bits per heavy atom. The predicted molar refractivity (Wildman–Crippen MR) is 151 cm³/mol. The van der Waals surface area contributed by atoms with E-state index in [9.17, 15) is 4.79 Å². The van der Waals surface area contributed by atoms with Crippen molar-refractivity contribution < 1.29 is 19.0 Å². The summed E-state index contributed by atoms with van der Waals surface area (Å²) in [4.78, 5) is 17.1. The highest BCUT2D eigenvalue weighted by Gasteiger charge is 2.38. The van der Waals surface area contributed by atoms with E-state index in [-0.39, 0.29) is 11.4 Å². The van der Waals surface area contributed by atoms with E-state index in [2.05, 4.69) is 16.2 Å². The van der Waals surface area contributed by atoms with E-state index in [0.717, 1.165) is 34.8 Å². The molecule has 8 nitrogen and oxygen atoms in total. The number of thioether (sulfide) groups is 1. The second kappa shape index (κ2) is 11.4. The maximum absolute atomic E-state index is 12.8. The molecule has 5 rings (SSSR count). The zero-order valence-electron chi connectivity index (χ0n) is 22.0. The molecular weight excluding hydrogens is 500 g/mol. The molecule has 1 aliphatic carbocycles. The summed E-state index contributed by atoms with van der Waals surface area (Å²) in [6, 6.07) is 11.5. The van der Waals surface area contributed by atoms with E-state index >= 15 is 0 Å². The molecule has 0 aromatic heterocycles. The first-order chi connectivity index (χ1) is 18.4. The van der Waals surface area contributed by atoms with Crippen LogP contribution in [0.25, 0.3) is 6.08 Å². The number of amidine groups is 2. The zero-order valence-corrected chi connectivity index (χ0v) is 22.8. The third kappa shape index (κ3) is 5.78. The smallest absolute Gasteiger partial charge is 0.283 e. The minimum atomic E-state index is -0.434. The number of nitrogens with one attached hydrogen (secondary N) is 1. The number of fused-ring (bicyclic) bond motifs is 1. The topological polar surface area (TPSA) is 96.6 Å². The predicted octanol–water partition coefficient (Wildman–Crippen LogP) is 5.97. The summed E-state index contributed by atoms with van der Waals surface area (Å²) in [5, 5.41) is 16.3. The summed E-state index contributed by atoms with van der Waals surface area (Å²) in [5.41, 5.74) is 3.20. The highest BCUT2D eigenvalue weighted by molar-refractivity contribution is 8.27. The van der Waals surface area contributed by atoms with Crippen LogP contribution in [0.1, 0.15) is 48.8 Å². The molecule has 2 aromatic carbocycles. The van der Waals surface area contributed by atoms with Gasteiger partial charge in [0, 0.05) is 5.92 Å². The molecule has 9 heteroatoms. The molecule has 3 aliphatic rings. The summed E-state index contributed by atoms with van der Waals surface area (Å²) in [6.07, 6.45) is 7.50. The number of nitrogens with zero attached hydrogens (tertiary/aromatic N) is 3. The molecule has 38 heavy (non-hydrogen) atoms. The number of hydrogen-bond acceptors (Lipinski definition) is 7. The van der Waals surface area contributed by atoms with Gasteiger partial charge in [0.1, 0.15) is 24.0 Å². The monoisotopic (exact) mass is 532 g/mol. The van der Waals surface area contributed by atoms with Gasteiger partial charge in [-0.2, -0.15) is 15.1 Å². The standard InChI is InChI=1S/C29H32N4O4S/c1-18-13-19(2)15-22(14-18)36-11-12-37-24-10-9-20(17-25(24)35-3)16-23-26(30)33-29(31-27(23)34)38-28(32-33)21-7-5-4-6-8-21/h9-10,13-17,21,30H,4-8,11-12H2,1-3H3/b23-16-,30-26?. The van der Waals surface area contributed by atoms with Crippen molar-refractivity contribution in [1.82, 2.24) is 5.01 Å². The van der Waals surface area contributed by atoms with Gasteiger partial charge in [-0.05, 0) is 85.5 Å². The molecular formula is C29H32N4O4S. The van der Waals surface area contributed by atoms with Crippen molar-refractivity contribution in [2.75, 3.05) is 20.3 Å². The Labute approximate surface area is 227 Å².